The van der Waals surface area contributed by atoms with Gasteiger partial charge in [-0.25, -0.2) is 4.98 Å². The van der Waals surface area contributed by atoms with Crippen LogP contribution in [0.25, 0.3) is 11.0 Å². The van der Waals surface area contributed by atoms with Gasteiger partial charge in [-0.1, -0.05) is 6.92 Å². The summed E-state index contributed by atoms with van der Waals surface area (Å²) in [5.74, 6) is 3.54. The lowest BCUT2D eigenvalue weighted by Crippen LogP contribution is -2.11. The second-order valence-corrected chi connectivity index (χ2v) is 5.52. The lowest BCUT2D eigenvalue weighted by Gasteiger charge is -2.15. The van der Waals surface area contributed by atoms with Crippen LogP contribution in [0, 0.1) is 0 Å². The zero-order chi connectivity index (χ0) is 13.1. The largest absolute Gasteiger partial charge is 0.497 e. The number of nitrogens with zero attached hydrogens (tertiary/aromatic N) is 2. The summed E-state index contributed by atoms with van der Waals surface area (Å²) in [5, 5.41) is 0. The summed E-state index contributed by atoms with van der Waals surface area (Å²) in [6, 6.07) is 6.22. The van der Waals surface area contributed by atoms with Crippen LogP contribution in [0.3, 0.4) is 0 Å². The molecule has 0 saturated heterocycles. The van der Waals surface area contributed by atoms with Gasteiger partial charge in [-0.05, 0) is 24.8 Å². The number of ether oxygens (including phenoxy) is 1. The molecule has 2 rings (SSSR count). The molecule has 4 nitrogen and oxygen atoms in total. The standard InChI is InChI=1S/C13H19N3OS/c1-4-18-8-9(2)16-12-6-5-10(17-3)7-11(12)15-13(16)14/h5-7,9H,4,8H2,1-3H3,(H2,14,15). The molecule has 0 amide bonds. The molecule has 0 fully saturated rings. The number of hydrogen-bond acceptors (Lipinski definition) is 4. The third-order valence-electron chi connectivity index (χ3n) is 2.93. The fraction of sp³-hybridized carbons (Fsp3) is 0.462. The van der Waals surface area contributed by atoms with E-state index in [1.165, 1.54) is 0 Å². The number of imidazole rings is 1. The summed E-state index contributed by atoms with van der Waals surface area (Å²) in [5.41, 5.74) is 7.98. The van der Waals surface area contributed by atoms with Gasteiger partial charge in [0.05, 0.1) is 18.1 Å². The highest BCUT2D eigenvalue weighted by Crippen LogP contribution is 2.27. The molecule has 1 heterocycles. The molecule has 5 heteroatoms. The van der Waals surface area contributed by atoms with E-state index in [-0.39, 0.29) is 0 Å². The molecule has 1 aromatic carbocycles. The van der Waals surface area contributed by atoms with Crippen molar-refractivity contribution in [2.75, 3.05) is 24.3 Å². The van der Waals surface area contributed by atoms with E-state index < -0.39 is 0 Å². The van der Waals surface area contributed by atoms with Crippen LogP contribution in [-0.2, 0) is 0 Å². The van der Waals surface area contributed by atoms with E-state index in [1.807, 2.05) is 30.0 Å². The number of rotatable bonds is 5. The molecule has 0 radical (unpaired) electrons. The fourth-order valence-corrected chi connectivity index (χ4v) is 2.78. The Bertz CT molecular complexity index is 538. The van der Waals surface area contributed by atoms with Crippen molar-refractivity contribution in [2.24, 2.45) is 0 Å². The number of nitrogen functional groups attached to an aromatic ring is 1. The Labute approximate surface area is 112 Å². The second-order valence-electron chi connectivity index (χ2n) is 4.20. The van der Waals surface area contributed by atoms with Crippen LogP contribution in [0.2, 0.25) is 0 Å². The minimum absolute atomic E-state index is 0.341. The van der Waals surface area contributed by atoms with E-state index in [2.05, 4.69) is 23.4 Å². The Hall–Kier alpha value is -1.36. The van der Waals surface area contributed by atoms with Crippen molar-refractivity contribution in [3.63, 3.8) is 0 Å². The van der Waals surface area contributed by atoms with E-state index in [1.54, 1.807) is 7.11 Å². The number of hydrogen-bond donors (Lipinski definition) is 1. The van der Waals surface area contributed by atoms with Crippen LogP contribution >= 0.6 is 11.8 Å². The quantitative estimate of drug-likeness (QED) is 0.903. The average Bonchev–Trinajstić information content (AvgIpc) is 2.70. The molecule has 0 aliphatic heterocycles. The molecule has 2 N–H and O–H groups in total. The van der Waals surface area contributed by atoms with E-state index in [0.29, 0.717) is 12.0 Å². The Morgan fingerprint density at radius 2 is 2.28 bits per heavy atom. The van der Waals surface area contributed by atoms with Gasteiger partial charge >= 0.3 is 0 Å². The van der Waals surface area contributed by atoms with Gasteiger partial charge in [0.25, 0.3) is 0 Å². The number of nitrogens with two attached hydrogens (primary N) is 1. The molecule has 1 atom stereocenters. The monoisotopic (exact) mass is 265 g/mol. The Kier molecular flexibility index (Phi) is 4.01. The van der Waals surface area contributed by atoms with E-state index in [4.69, 9.17) is 10.5 Å². The molecule has 1 unspecified atom stereocenters. The van der Waals surface area contributed by atoms with Gasteiger partial charge in [-0.3, -0.25) is 0 Å². The van der Waals surface area contributed by atoms with Crippen molar-refractivity contribution in [3.05, 3.63) is 18.2 Å². The summed E-state index contributed by atoms with van der Waals surface area (Å²) in [7, 11) is 1.65. The molecule has 0 aliphatic rings. The highest BCUT2D eigenvalue weighted by molar-refractivity contribution is 7.99. The predicted molar refractivity (Wildman–Crippen MR) is 78.4 cm³/mol. The summed E-state index contributed by atoms with van der Waals surface area (Å²) in [6.45, 7) is 4.34. The molecular weight excluding hydrogens is 246 g/mol. The molecule has 0 aliphatic carbocycles. The maximum absolute atomic E-state index is 6.02. The van der Waals surface area contributed by atoms with Crippen molar-refractivity contribution in [3.8, 4) is 5.75 Å². The molecule has 0 saturated carbocycles. The molecule has 1 aromatic heterocycles. The van der Waals surface area contributed by atoms with Gasteiger partial charge in [0, 0.05) is 17.9 Å². The van der Waals surface area contributed by atoms with Crippen LogP contribution in [0.5, 0.6) is 5.75 Å². The van der Waals surface area contributed by atoms with Crippen LogP contribution in [-0.4, -0.2) is 28.2 Å². The first-order valence-corrected chi connectivity index (χ1v) is 7.22. The Morgan fingerprint density at radius 1 is 1.50 bits per heavy atom. The molecular formula is C13H19N3OS. The van der Waals surface area contributed by atoms with Crippen molar-refractivity contribution < 1.29 is 4.74 Å². The first-order valence-electron chi connectivity index (χ1n) is 6.06. The molecule has 2 aromatic rings. The maximum atomic E-state index is 6.02. The number of aromatic nitrogens is 2. The predicted octanol–water partition coefficient (Wildman–Crippen LogP) is 2.94. The Morgan fingerprint density at radius 3 is 2.94 bits per heavy atom. The third kappa shape index (κ3) is 2.41. The van der Waals surface area contributed by atoms with E-state index >= 15 is 0 Å². The molecule has 0 spiro atoms. The van der Waals surface area contributed by atoms with Gasteiger partial charge in [-0.15, -0.1) is 0 Å². The van der Waals surface area contributed by atoms with Gasteiger partial charge in [0.1, 0.15) is 5.75 Å². The third-order valence-corrected chi connectivity index (χ3v) is 4.05. The van der Waals surface area contributed by atoms with Crippen LogP contribution in [0.15, 0.2) is 18.2 Å². The lowest BCUT2D eigenvalue weighted by atomic mass is 10.3. The van der Waals surface area contributed by atoms with Gasteiger partial charge in [0.15, 0.2) is 0 Å². The van der Waals surface area contributed by atoms with Crippen LogP contribution in [0.1, 0.15) is 19.9 Å². The first kappa shape index (κ1) is 13.1. The Balaban J connectivity index is 2.40. The summed E-state index contributed by atoms with van der Waals surface area (Å²) in [6.07, 6.45) is 0. The topological polar surface area (TPSA) is 53.1 Å². The fourth-order valence-electron chi connectivity index (χ4n) is 2.05. The summed E-state index contributed by atoms with van der Waals surface area (Å²) in [4.78, 5) is 4.40. The normalized spacial score (nSPS) is 12.8. The minimum Gasteiger partial charge on any atom is -0.497 e. The second kappa shape index (κ2) is 5.52. The van der Waals surface area contributed by atoms with Crippen LogP contribution in [0.4, 0.5) is 5.95 Å². The number of benzene rings is 1. The van der Waals surface area contributed by atoms with Crippen LogP contribution < -0.4 is 10.5 Å². The summed E-state index contributed by atoms with van der Waals surface area (Å²) >= 11 is 1.91. The SMILES string of the molecule is CCSCC(C)n1c(N)nc2cc(OC)ccc21. The lowest BCUT2D eigenvalue weighted by molar-refractivity contribution is 0.415. The van der Waals surface area contributed by atoms with Crippen molar-refractivity contribution in [2.45, 2.75) is 19.9 Å². The van der Waals surface area contributed by atoms with Gasteiger partial charge in [0.2, 0.25) is 5.95 Å². The van der Waals surface area contributed by atoms with Crippen molar-refractivity contribution in [1.82, 2.24) is 9.55 Å². The zero-order valence-electron chi connectivity index (χ0n) is 11.0. The molecule has 0 bridgehead atoms. The average molecular weight is 265 g/mol. The zero-order valence-corrected chi connectivity index (χ0v) is 11.8. The number of anilines is 1. The minimum atomic E-state index is 0.341. The number of methoxy groups -OCH3 is 1. The van der Waals surface area contributed by atoms with Gasteiger partial charge in [-0.2, -0.15) is 11.8 Å². The molecule has 18 heavy (non-hydrogen) atoms. The number of fused-ring (bicyclic) bond motifs is 1. The van der Waals surface area contributed by atoms with Crippen molar-refractivity contribution >= 4 is 28.7 Å². The summed E-state index contributed by atoms with van der Waals surface area (Å²) < 4.78 is 7.30. The smallest absolute Gasteiger partial charge is 0.201 e. The highest BCUT2D eigenvalue weighted by atomic mass is 32.2. The van der Waals surface area contributed by atoms with Gasteiger partial charge < -0.3 is 15.0 Å². The van der Waals surface area contributed by atoms with E-state index in [0.717, 1.165) is 28.3 Å². The molecule has 98 valence electrons. The van der Waals surface area contributed by atoms with E-state index in [9.17, 15) is 0 Å². The maximum Gasteiger partial charge on any atom is 0.201 e. The highest BCUT2D eigenvalue weighted by Gasteiger charge is 2.14. The number of thioether (sulfide) groups is 1. The van der Waals surface area contributed by atoms with Crippen molar-refractivity contribution in [1.29, 1.82) is 0 Å². The first-order chi connectivity index (χ1) is 8.67.